The summed E-state index contributed by atoms with van der Waals surface area (Å²) in [5.41, 5.74) is 0.514. The predicted molar refractivity (Wildman–Crippen MR) is 55.9 cm³/mol. The third-order valence-corrected chi connectivity index (χ3v) is 2.59. The molecule has 0 amide bonds. The second kappa shape index (κ2) is 5.15. The Kier molecular flexibility index (Phi) is 4.14. The van der Waals surface area contributed by atoms with E-state index in [1.54, 1.807) is 6.92 Å². The van der Waals surface area contributed by atoms with E-state index in [1.807, 2.05) is 0 Å². The molecule has 14 heavy (non-hydrogen) atoms. The van der Waals surface area contributed by atoms with Crippen LogP contribution >= 0.6 is 0 Å². The molecule has 80 valence electrons. The largest absolute Gasteiger partial charge is 0.463 e. The van der Waals surface area contributed by atoms with E-state index in [4.69, 9.17) is 4.74 Å². The van der Waals surface area contributed by atoms with E-state index < -0.39 is 0 Å². The van der Waals surface area contributed by atoms with Gasteiger partial charge >= 0.3 is 5.97 Å². The lowest BCUT2D eigenvalue weighted by molar-refractivity contribution is -0.138. The third kappa shape index (κ3) is 3.50. The van der Waals surface area contributed by atoms with E-state index in [0.29, 0.717) is 18.7 Å². The zero-order chi connectivity index (χ0) is 10.6. The van der Waals surface area contributed by atoms with Crippen molar-refractivity contribution in [2.24, 2.45) is 11.8 Å². The van der Waals surface area contributed by atoms with Crippen LogP contribution in [-0.4, -0.2) is 25.7 Å². The SMILES string of the molecule is C=C(CNCC1CC1C)C(=O)OCC. The first kappa shape index (κ1) is 11.2. The molecule has 2 unspecified atom stereocenters. The highest BCUT2D eigenvalue weighted by Crippen LogP contribution is 2.36. The Hall–Kier alpha value is -0.830. The summed E-state index contributed by atoms with van der Waals surface area (Å²) in [6, 6.07) is 0. The summed E-state index contributed by atoms with van der Waals surface area (Å²) in [6.07, 6.45) is 1.30. The number of hydrogen-bond donors (Lipinski definition) is 1. The Balaban J connectivity index is 2.05. The monoisotopic (exact) mass is 197 g/mol. The highest BCUT2D eigenvalue weighted by molar-refractivity contribution is 5.88. The number of nitrogens with one attached hydrogen (secondary N) is 1. The van der Waals surface area contributed by atoms with Crippen molar-refractivity contribution in [3.8, 4) is 0 Å². The topological polar surface area (TPSA) is 38.3 Å². The standard InChI is InChI=1S/C11H19NO2/c1-4-14-11(13)9(3)6-12-7-10-5-8(10)2/h8,10,12H,3-7H2,1-2H3. The van der Waals surface area contributed by atoms with Crippen LogP contribution in [0.1, 0.15) is 20.3 Å². The van der Waals surface area contributed by atoms with Gasteiger partial charge in [-0.2, -0.15) is 0 Å². The van der Waals surface area contributed by atoms with Crippen LogP contribution in [-0.2, 0) is 9.53 Å². The van der Waals surface area contributed by atoms with Crippen LogP contribution < -0.4 is 5.32 Å². The maximum atomic E-state index is 11.1. The van der Waals surface area contributed by atoms with Gasteiger partial charge in [0.25, 0.3) is 0 Å². The first-order valence-corrected chi connectivity index (χ1v) is 5.20. The molecule has 0 aromatic heterocycles. The van der Waals surface area contributed by atoms with Crippen LogP contribution in [0.15, 0.2) is 12.2 Å². The summed E-state index contributed by atoms with van der Waals surface area (Å²) in [7, 11) is 0. The van der Waals surface area contributed by atoms with E-state index in [-0.39, 0.29) is 5.97 Å². The van der Waals surface area contributed by atoms with Crippen LogP contribution in [0.25, 0.3) is 0 Å². The molecular formula is C11H19NO2. The highest BCUT2D eigenvalue weighted by atomic mass is 16.5. The molecule has 0 aromatic rings. The van der Waals surface area contributed by atoms with Gasteiger partial charge in [0.15, 0.2) is 0 Å². The molecule has 0 spiro atoms. The van der Waals surface area contributed by atoms with Crippen LogP contribution in [0.3, 0.4) is 0 Å². The smallest absolute Gasteiger partial charge is 0.334 e. The van der Waals surface area contributed by atoms with E-state index in [9.17, 15) is 4.79 Å². The molecule has 1 aliphatic rings. The molecular weight excluding hydrogens is 178 g/mol. The molecule has 1 saturated carbocycles. The number of carbonyl (C=O) groups excluding carboxylic acids is 1. The zero-order valence-corrected chi connectivity index (χ0v) is 9.01. The van der Waals surface area contributed by atoms with Gasteiger partial charge in [0.2, 0.25) is 0 Å². The molecule has 3 heteroatoms. The van der Waals surface area contributed by atoms with E-state index in [1.165, 1.54) is 6.42 Å². The summed E-state index contributed by atoms with van der Waals surface area (Å²) < 4.78 is 4.82. The van der Waals surface area contributed by atoms with Crippen molar-refractivity contribution in [3.63, 3.8) is 0 Å². The average Bonchev–Trinajstić information content (AvgIpc) is 2.82. The van der Waals surface area contributed by atoms with Crippen molar-refractivity contribution in [2.75, 3.05) is 19.7 Å². The van der Waals surface area contributed by atoms with Crippen LogP contribution in [0.4, 0.5) is 0 Å². The minimum atomic E-state index is -0.288. The molecule has 0 bridgehead atoms. The lowest BCUT2D eigenvalue weighted by Crippen LogP contribution is -2.24. The van der Waals surface area contributed by atoms with Gasteiger partial charge in [0, 0.05) is 12.1 Å². The number of ether oxygens (including phenoxy) is 1. The lowest BCUT2D eigenvalue weighted by Gasteiger charge is -2.06. The van der Waals surface area contributed by atoms with Gasteiger partial charge in [-0.3, -0.25) is 0 Å². The molecule has 2 atom stereocenters. The first-order chi connectivity index (χ1) is 6.65. The van der Waals surface area contributed by atoms with Gasteiger partial charge in [-0.15, -0.1) is 0 Å². The maximum Gasteiger partial charge on any atom is 0.334 e. The van der Waals surface area contributed by atoms with Gasteiger partial charge in [0.1, 0.15) is 0 Å². The van der Waals surface area contributed by atoms with Gasteiger partial charge in [0.05, 0.1) is 6.61 Å². The molecule has 3 nitrogen and oxygen atoms in total. The number of esters is 1. The van der Waals surface area contributed by atoms with Gasteiger partial charge in [-0.1, -0.05) is 13.5 Å². The second-order valence-electron chi connectivity index (χ2n) is 3.93. The van der Waals surface area contributed by atoms with Crippen molar-refractivity contribution in [3.05, 3.63) is 12.2 Å². The molecule has 0 aliphatic heterocycles. The summed E-state index contributed by atoms with van der Waals surface area (Å²) in [5.74, 6) is 1.35. The Morgan fingerprint density at radius 1 is 1.64 bits per heavy atom. The van der Waals surface area contributed by atoms with Crippen LogP contribution in [0, 0.1) is 11.8 Å². The van der Waals surface area contributed by atoms with E-state index in [2.05, 4.69) is 18.8 Å². The molecule has 0 heterocycles. The molecule has 1 aliphatic carbocycles. The van der Waals surface area contributed by atoms with Gasteiger partial charge < -0.3 is 10.1 Å². The van der Waals surface area contributed by atoms with Crippen molar-refractivity contribution < 1.29 is 9.53 Å². The van der Waals surface area contributed by atoms with Crippen LogP contribution in [0.2, 0.25) is 0 Å². The highest BCUT2D eigenvalue weighted by Gasteiger charge is 2.31. The Morgan fingerprint density at radius 3 is 2.79 bits per heavy atom. The molecule has 0 saturated heterocycles. The summed E-state index contributed by atoms with van der Waals surface area (Å²) in [6.45, 7) is 9.65. The minimum absolute atomic E-state index is 0.288. The summed E-state index contributed by atoms with van der Waals surface area (Å²) in [5, 5.41) is 3.22. The molecule has 0 radical (unpaired) electrons. The number of hydrogen-bond acceptors (Lipinski definition) is 3. The zero-order valence-electron chi connectivity index (χ0n) is 9.01. The fourth-order valence-electron chi connectivity index (χ4n) is 1.40. The van der Waals surface area contributed by atoms with Crippen LogP contribution in [0.5, 0.6) is 0 Å². The Bertz CT molecular complexity index is 225. The van der Waals surface area contributed by atoms with E-state index >= 15 is 0 Å². The van der Waals surface area contributed by atoms with E-state index in [0.717, 1.165) is 18.4 Å². The maximum absolute atomic E-state index is 11.1. The Morgan fingerprint density at radius 2 is 2.29 bits per heavy atom. The Labute approximate surface area is 85.5 Å². The number of carbonyl (C=O) groups is 1. The summed E-state index contributed by atoms with van der Waals surface area (Å²) >= 11 is 0. The second-order valence-corrected chi connectivity index (χ2v) is 3.93. The van der Waals surface area contributed by atoms with Crippen molar-refractivity contribution in [1.29, 1.82) is 0 Å². The van der Waals surface area contributed by atoms with Crippen molar-refractivity contribution in [2.45, 2.75) is 20.3 Å². The average molecular weight is 197 g/mol. The van der Waals surface area contributed by atoms with Crippen molar-refractivity contribution >= 4 is 5.97 Å². The molecule has 0 aromatic carbocycles. The number of rotatable bonds is 6. The normalized spacial score (nSPS) is 24.4. The predicted octanol–water partition coefficient (Wildman–Crippen LogP) is 1.35. The fraction of sp³-hybridized carbons (Fsp3) is 0.727. The van der Waals surface area contributed by atoms with Crippen molar-refractivity contribution in [1.82, 2.24) is 5.32 Å². The summed E-state index contributed by atoms with van der Waals surface area (Å²) in [4.78, 5) is 11.1. The molecule has 1 rings (SSSR count). The third-order valence-electron chi connectivity index (χ3n) is 2.59. The lowest BCUT2D eigenvalue weighted by atomic mass is 10.3. The fourth-order valence-corrected chi connectivity index (χ4v) is 1.40. The molecule has 1 N–H and O–H groups in total. The minimum Gasteiger partial charge on any atom is -0.463 e. The molecule has 1 fully saturated rings. The first-order valence-electron chi connectivity index (χ1n) is 5.20. The van der Waals surface area contributed by atoms with Gasteiger partial charge in [-0.25, -0.2) is 4.79 Å². The quantitative estimate of drug-likeness (QED) is 0.516. The van der Waals surface area contributed by atoms with Gasteiger partial charge in [-0.05, 0) is 31.7 Å².